The fourth-order valence-electron chi connectivity index (χ4n) is 4.22. The first-order valence-electron chi connectivity index (χ1n) is 9.44. The predicted molar refractivity (Wildman–Crippen MR) is 102 cm³/mol. The smallest absolute Gasteiger partial charge is 0.317 e. The summed E-state index contributed by atoms with van der Waals surface area (Å²) in [5.41, 5.74) is 1.16. The summed E-state index contributed by atoms with van der Waals surface area (Å²) in [4.78, 5) is 19.9. The molecule has 0 radical (unpaired) electrons. The summed E-state index contributed by atoms with van der Waals surface area (Å²) in [5, 5.41) is 3.09. The van der Waals surface area contributed by atoms with Gasteiger partial charge in [0.15, 0.2) is 0 Å². The van der Waals surface area contributed by atoms with Crippen LogP contribution >= 0.6 is 0 Å². The van der Waals surface area contributed by atoms with Gasteiger partial charge in [0.2, 0.25) is 0 Å². The van der Waals surface area contributed by atoms with Crippen molar-refractivity contribution < 1.29 is 4.79 Å². The van der Waals surface area contributed by atoms with Gasteiger partial charge in [-0.15, -0.1) is 0 Å². The molecule has 3 rings (SSSR count). The van der Waals surface area contributed by atoms with Crippen molar-refractivity contribution in [2.45, 2.75) is 51.9 Å². The average Bonchev–Trinajstić information content (AvgIpc) is 2.59. The van der Waals surface area contributed by atoms with Crippen LogP contribution in [0.15, 0.2) is 30.3 Å². The number of nitrogens with one attached hydrogen (secondary N) is 1. The number of rotatable bonds is 3. The SMILES string of the molecule is CC(C)N1CCN2C(CN(C(=O)NCc3ccccc3)CC2(C)C)C1. The van der Waals surface area contributed by atoms with E-state index in [4.69, 9.17) is 0 Å². The lowest BCUT2D eigenvalue weighted by Crippen LogP contribution is -2.71. The fraction of sp³-hybridized carbons (Fsp3) is 0.650. The van der Waals surface area contributed by atoms with E-state index >= 15 is 0 Å². The highest BCUT2D eigenvalue weighted by molar-refractivity contribution is 5.74. The van der Waals surface area contributed by atoms with E-state index in [0.29, 0.717) is 18.6 Å². The Labute approximate surface area is 152 Å². The van der Waals surface area contributed by atoms with Crippen molar-refractivity contribution in [2.75, 3.05) is 32.7 Å². The van der Waals surface area contributed by atoms with Gasteiger partial charge in [-0.05, 0) is 33.3 Å². The lowest BCUT2D eigenvalue weighted by Gasteiger charge is -2.56. The van der Waals surface area contributed by atoms with Crippen LogP contribution in [0.2, 0.25) is 0 Å². The van der Waals surface area contributed by atoms with E-state index in [1.165, 1.54) is 0 Å². The molecule has 0 aliphatic carbocycles. The van der Waals surface area contributed by atoms with E-state index in [1.807, 2.05) is 35.2 Å². The van der Waals surface area contributed by atoms with Gasteiger partial charge in [-0.3, -0.25) is 9.80 Å². The van der Waals surface area contributed by atoms with Crippen LogP contribution in [0.1, 0.15) is 33.3 Å². The highest BCUT2D eigenvalue weighted by Crippen LogP contribution is 2.28. The van der Waals surface area contributed by atoms with Gasteiger partial charge >= 0.3 is 6.03 Å². The monoisotopic (exact) mass is 344 g/mol. The van der Waals surface area contributed by atoms with E-state index < -0.39 is 0 Å². The Balaban J connectivity index is 1.63. The number of carbonyl (C=O) groups excluding carboxylic acids is 1. The molecule has 0 aromatic heterocycles. The molecule has 1 aromatic rings. The summed E-state index contributed by atoms with van der Waals surface area (Å²) in [7, 11) is 0. The van der Waals surface area contributed by atoms with Gasteiger partial charge in [0, 0.05) is 56.9 Å². The molecule has 2 saturated heterocycles. The average molecular weight is 345 g/mol. The molecule has 2 heterocycles. The third-order valence-electron chi connectivity index (χ3n) is 5.60. The number of piperazine rings is 2. The maximum Gasteiger partial charge on any atom is 0.317 e. The zero-order chi connectivity index (χ0) is 18.0. The second-order valence-corrected chi connectivity index (χ2v) is 8.27. The molecular weight excluding hydrogens is 312 g/mol. The van der Waals surface area contributed by atoms with E-state index in [9.17, 15) is 4.79 Å². The normalized spacial score (nSPS) is 24.2. The van der Waals surface area contributed by atoms with Crippen molar-refractivity contribution >= 4 is 6.03 Å². The summed E-state index contributed by atoms with van der Waals surface area (Å²) < 4.78 is 0. The molecule has 1 unspecified atom stereocenters. The van der Waals surface area contributed by atoms with Crippen molar-refractivity contribution in [2.24, 2.45) is 0 Å². The van der Waals surface area contributed by atoms with Gasteiger partial charge in [0.05, 0.1) is 0 Å². The van der Waals surface area contributed by atoms with Crippen molar-refractivity contribution in [1.82, 2.24) is 20.0 Å². The first kappa shape index (κ1) is 18.2. The highest BCUT2D eigenvalue weighted by Gasteiger charge is 2.43. The number of hydrogen-bond acceptors (Lipinski definition) is 3. The molecule has 25 heavy (non-hydrogen) atoms. The quantitative estimate of drug-likeness (QED) is 0.915. The summed E-state index contributed by atoms with van der Waals surface area (Å²) in [6.07, 6.45) is 0. The van der Waals surface area contributed by atoms with Gasteiger partial charge in [-0.1, -0.05) is 30.3 Å². The zero-order valence-corrected chi connectivity index (χ0v) is 16.0. The Kier molecular flexibility index (Phi) is 5.35. The molecule has 0 saturated carbocycles. The maximum absolute atomic E-state index is 12.7. The van der Waals surface area contributed by atoms with Crippen LogP contribution in [0.5, 0.6) is 0 Å². The minimum absolute atomic E-state index is 0.0239. The van der Waals surface area contributed by atoms with Crippen LogP contribution < -0.4 is 5.32 Å². The molecule has 0 bridgehead atoms. The summed E-state index contributed by atoms with van der Waals surface area (Å²) in [6.45, 7) is 14.5. The standard InChI is InChI=1S/C20H32N4O/c1-16(2)22-10-11-24-18(13-22)14-23(15-20(24,3)4)19(25)21-12-17-8-6-5-7-9-17/h5-9,16,18H,10-15H2,1-4H3,(H,21,25). The third-order valence-corrected chi connectivity index (χ3v) is 5.60. The minimum Gasteiger partial charge on any atom is -0.334 e. The molecule has 1 atom stereocenters. The predicted octanol–water partition coefficient (Wildman–Crippen LogP) is 2.38. The highest BCUT2D eigenvalue weighted by atomic mass is 16.2. The number of benzene rings is 1. The van der Waals surface area contributed by atoms with Crippen molar-refractivity contribution in [3.05, 3.63) is 35.9 Å². The van der Waals surface area contributed by atoms with E-state index in [2.05, 4.69) is 42.8 Å². The van der Waals surface area contributed by atoms with Crippen LogP contribution in [0.3, 0.4) is 0 Å². The Morgan fingerprint density at radius 2 is 1.92 bits per heavy atom. The molecule has 0 spiro atoms. The van der Waals surface area contributed by atoms with Crippen LogP contribution in [0, 0.1) is 0 Å². The lowest BCUT2D eigenvalue weighted by atomic mass is 9.92. The van der Waals surface area contributed by atoms with Crippen LogP contribution in [-0.2, 0) is 6.54 Å². The Bertz CT molecular complexity index is 587. The lowest BCUT2D eigenvalue weighted by molar-refractivity contribution is -0.0583. The van der Waals surface area contributed by atoms with Gasteiger partial charge in [-0.25, -0.2) is 4.79 Å². The fourth-order valence-corrected chi connectivity index (χ4v) is 4.22. The number of fused-ring (bicyclic) bond motifs is 1. The van der Waals surface area contributed by atoms with E-state index in [0.717, 1.165) is 38.3 Å². The largest absolute Gasteiger partial charge is 0.334 e. The number of nitrogens with zero attached hydrogens (tertiary/aromatic N) is 3. The number of amides is 2. The van der Waals surface area contributed by atoms with E-state index in [-0.39, 0.29) is 11.6 Å². The maximum atomic E-state index is 12.7. The topological polar surface area (TPSA) is 38.8 Å². The molecule has 2 aliphatic rings. The molecule has 2 fully saturated rings. The van der Waals surface area contributed by atoms with Crippen LogP contribution in [0.25, 0.3) is 0 Å². The van der Waals surface area contributed by atoms with Gasteiger partial charge in [0.1, 0.15) is 0 Å². The van der Waals surface area contributed by atoms with Crippen LogP contribution in [0.4, 0.5) is 4.79 Å². The van der Waals surface area contributed by atoms with Gasteiger partial charge in [-0.2, -0.15) is 0 Å². The second-order valence-electron chi connectivity index (χ2n) is 8.27. The van der Waals surface area contributed by atoms with Crippen LogP contribution in [-0.4, -0.2) is 71.1 Å². The second kappa shape index (κ2) is 7.34. The third kappa shape index (κ3) is 4.15. The van der Waals surface area contributed by atoms with Crippen molar-refractivity contribution in [3.63, 3.8) is 0 Å². The molecule has 2 aliphatic heterocycles. The zero-order valence-electron chi connectivity index (χ0n) is 16.0. The molecule has 1 N–H and O–H groups in total. The molecule has 5 nitrogen and oxygen atoms in total. The van der Waals surface area contributed by atoms with E-state index in [1.54, 1.807) is 0 Å². The number of urea groups is 1. The first-order valence-corrected chi connectivity index (χ1v) is 9.44. The summed E-state index contributed by atoms with van der Waals surface area (Å²) in [5.74, 6) is 0. The van der Waals surface area contributed by atoms with Gasteiger partial charge < -0.3 is 10.2 Å². The molecule has 1 aromatic carbocycles. The summed E-state index contributed by atoms with van der Waals surface area (Å²) in [6, 6.07) is 11.1. The van der Waals surface area contributed by atoms with Gasteiger partial charge in [0.25, 0.3) is 0 Å². The molecule has 138 valence electrons. The molecular formula is C20H32N4O. The first-order chi connectivity index (χ1) is 11.9. The number of hydrogen-bond donors (Lipinski definition) is 1. The molecule has 5 heteroatoms. The Morgan fingerprint density at radius 3 is 2.60 bits per heavy atom. The van der Waals surface area contributed by atoms with Crippen molar-refractivity contribution in [3.8, 4) is 0 Å². The number of carbonyl (C=O) groups is 1. The van der Waals surface area contributed by atoms with Crippen molar-refractivity contribution in [1.29, 1.82) is 0 Å². The Hall–Kier alpha value is -1.59. The summed E-state index contributed by atoms with van der Waals surface area (Å²) >= 11 is 0. The Morgan fingerprint density at radius 1 is 1.20 bits per heavy atom. The molecule has 2 amide bonds. The minimum atomic E-state index is 0.0239.